The summed E-state index contributed by atoms with van der Waals surface area (Å²) in [5, 5.41) is 5.05. The first kappa shape index (κ1) is 13.9. The molecule has 2 unspecified atom stereocenters. The number of rotatable bonds is 2. The molecule has 0 bridgehead atoms. The van der Waals surface area contributed by atoms with Crippen LogP contribution in [0.15, 0.2) is 48.5 Å². The first-order chi connectivity index (χ1) is 10.7. The van der Waals surface area contributed by atoms with Crippen molar-refractivity contribution >= 4 is 32.8 Å². The second kappa shape index (κ2) is 5.47. The molecule has 22 heavy (non-hydrogen) atoms. The summed E-state index contributed by atoms with van der Waals surface area (Å²) in [6.45, 7) is 0. The van der Waals surface area contributed by atoms with Crippen LogP contribution in [-0.2, 0) is 17.7 Å². The van der Waals surface area contributed by atoms with E-state index in [1.807, 2.05) is 0 Å². The molecular formula is C18H17NO2S. The Labute approximate surface area is 131 Å². The lowest BCUT2D eigenvalue weighted by Gasteiger charge is -2.26. The van der Waals surface area contributed by atoms with E-state index < -0.39 is 11.3 Å². The van der Waals surface area contributed by atoms with Gasteiger partial charge in [0, 0.05) is 6.04 Å². The minimum Gasteiger partial charge on any atom is -0.294 e. The second-order valence-corrected chi connectivity index (χ2v) is 6.56. The summed E-state index contributed by atoms with van der Waals surface area (Å²) in [7, 11) is 0. The predicted molar refractivity (Wildman–Crippen MR) is 91.0 cm³/mol. The van der Waals surface area contributed by atoms with Gasteiger partial charge in [-0.25, -0.2) is 8.93 Å². The molecule has 0 amide bonds. The average molecular weight is 311 g/mol. The molecule has 3 aromatic rings. The third-order valence-corrected chi connectivity index (χ3v) is 5.10. The molecule has 0 aliphatic heterocycles. The van der Waals surface area contributed by atoms with Crippen LogP contribution in [0.1, 0.15) is 30.0 Å². The Kier molecular flexibility index (Phi) is 3.45. The van der Waals surface area contributed by atoms with Crippen molar-refractivity contribution in [2.45, 2.75) is 25.3 Å². The van der Waals surface area contributed by atoms with E-state index in [0.717, 1.165) is 24.8 Å². The number of nitrogens with one attached hydrogen (secondary N) is 1. The Bertz CT molecular complexity index is 891. The molecule has 3 nitrogen and oxygen atoms in total. The van der Waals surface area contributed by atoms with Crippen molar-refractivity contribution in [3.63, 3.8) is 0 Å². The Balaban J connectivity index is 1.96. The van der Waals surface area contributed by atoms with Crippen LogP contribution >= 0.6 is 0 Å². The van der Waals surface area contributed by atoms with Gasteiger partial charge in [-0.2, -0.15) is 0 Å². The topological polar surface area (TPSA) is 49.3 Å². The minimum absolute atomic E-state index is 0.0366. The van der Waals surface area contributed by atoms with Gasteiger partial charge in [-0.05, 0) is 51.9 Å². The summed E-state index contributed by atoms with van der Waals surface area (Å²) in [5.41, 5.74) is 2.48. The van der Waals surface area contributed by atoms with Crippen molar-refractivity contribution in [3.05, 3.63) is 59.7 Å². The highest BCUT2D eigenvalue weighted by atomic mass is 32.2. The lowest BCUT2D eigenvalue weighted by Crippen LogP contribution is -2.26. The second-order valence-electron chi connectivity index (χ2n) is 5.83. The fourth-order valence-electron chi connectivity index (χ4n) is 3.66. The van der Waals surface area contributed by atoms with Crippen molar-refractivity contribution in [2.75, 3.05) is 0 Å². The van der Waals surface area contributed by atoms with E-state index in [0.29, 0.717) is 0 Å². The van der Waals surface area contributed by atoms with Crippen LogP contribution in [-0.4, -0.2) is 8.76 Å². The zero-order valence-corrected chi connectivity index (χ0v) is 12.9. The summed E-state index contributed by atoms with van der Waals surface area (Å²) in [4.78, 5) is 0. The fourth-order valence-corrected chi connectivity index (χ4v) is 4.14. The molecule has 0 aromatic heterocycles. The van der Waals surface area contributed by atoms with Crippen molar-refractivity contribution in [3.8, 4) is 0 Å². The predicted octanol–water partition coefficient (Wildman–Crippen LogP) is 4.10. The minimum atomic E-state index is -1.98. The van der Waals surface area contributed by atoms with Crippen LogP contribution in [0, 0.1) is 0 Å². The highest BCUT2D eigenvalue weighted by molar-refractivity contribution is 7.77. The molecule has 112 valence electrons. The van der Waals surface area contributed by atoms with Crippen LogP contribution in [0.4, 0.5) is 0 Å². The summed E-state index contributed by atoms with van der Waals surface area (Å²) in [5.74, 6) is 0. The molecule has 0 saturated heterocycles. The molecule has 2 atom stereocenters. The molecule has 0 fully saturated rings. The van der Waals surface area contributed by atoms with Crippen LogP contribution in [0.3, 0.4) is 0 Å². The van der Waals surface area contributed by atoms with E-state index in [2.05, 4.69) is 53.3 Å². The third-order valence-electron chi connectivity index (χ3n) is 4.61. The van der Waals surface area contributed by atoms with Gasteiger partial charge >= 0.3 is 0 Å². The standard InChI is InChI=1S/C18H17NO2S/c20-22(21)19-18-7-3-6-14-16-9-8-12-4-1-2-5-13(12)15(16)10-11-17(14)18/h1-2,4-5,8-11,18-19H,3,6-7H2,(H,20,21). The maximum Gasteiger partial charge on any atom is 0.232 e. The summed E-state index contributed by atoms with van der Waals surface area (Å²) in [6, 6.07) is 17.0. The molecule has 4 rings (SSSR count). The van der Waals surface area contributed by atoms with Gasteiger partial charge in [0.25, 0.3) is 0 Å². The van der Waals surface area contributed by atoms with Gasteiger partial charge in [-0.15, -0.1) is 0 Å². The average Bonchev–Trinajstić information content (AvgIpc) is 2.54. The number of hydrogen-bond donors (Lipinski definition) is 2. The third kappa shape index (κ3) is 2.24. The van der Waals surface area contributed by atoms with Crippen molar-refractivity contribution in [2.24, 2.45) is 0 Å². The van der Waals surface area contributed by atoms with Gasteiger partial charge in [0.2, 0.25) is 11.3 Å². The molecular weight excluding hydrogens is 294 g/mol. The Morgan fingerprint density at radius 1 is 1.00 bits per heavy atom. The SMILES string of the molecule is O=S(O)NC1CCCc2c1ccc1c2ccc2ccccc21. The number of aryl methyl sites for hydroxylation is 1. The van der Waals surface area contributed by atoms with Crippen LogP contribution in [0.5, 0.6) is 0 Å². The lowest BCUT2D eigenvalue weighted by atomic mass is 9.84. The first-order valence-electron chi connectivity index (χ1n) is 7.54. The van der Waals surface area contributed by atoms with Crippen molar-refractivity contribution < 1.29 is 8.76 Å². The number of fused-ring (bicyclic) bond motifs is 5. The van der Waals surface area contributed by atoms with Gasteiger partial charge in [0.15, 0.2) is 0 Å². The summed E-state index contributed by atoms with van der Waals surface area (Å²) in [6.07, 6.45) is 2.97. The lowest BCUT2D eigenvalue weighted by molar-refractivity contribution is 0.493. The quantitative estimate of drug-likeness (QED) is 0.553. The van der Waals surface area contributed by atoms with Crippen LogP contribution < -0.4 is 4.72 Å². The van der Waals surface area contributed by atoms with E-state index in [1.54, 1.807) is 0 Å². The molecule has 1 aliphatic carbocycles. The smallest absolute Gasteiger partial charge is 0.232 e. The van der Waals surface area contributed by atoms with Crippen LogP contribution in [0.2, 0.25) is 0 Å². The number of hydrogen-bond acceptors (Lipinski definition) is 1. The zero-order valence-electron chi connectivity index (χ0n) is 12.1. The van der Waals surface area contributed by atoms with Crippen molar-refractivity contribution in [1.29, 1.82) is 0 Å². The van der Waals surface area contributed by atoms with Gasteiger partial charge in [-0.3, -0.25) is 4.55 Å². The molecule has 2 N–H and O–H groups in total. The normalized spacial score (nSPS) is 19.2. The fraction of sp³-hybridized carbons (Fsp3) is 0.222. The molecule has 0 heterocycles. The van der Waals surface area contributed by atoms with Gasteiger partial charge in [0.1, 0.15) is 0 Å². The highest BCUT2D eigenvalue weighted by Gasteiger charge is 2.23. The Morgan fingerprint density at radius 2 is 1.82 bits per heavy atom. The zero-order chi connectivity index (χ0) is 15.1. The molecule has 4 heteroatoms. The van der Waals surface area contributed by atoms with E-state index in [1.165, 1.54) is 27.1 Å². The van der Waals surface area contributed by atoms with E-state index in [9.17, 15) is 4.21 Å². The molecule has 1 aliphatic rings. The molecule has 0 saturated carbocycles. The first-order valence-corrected chi connectivity index (χ1v) is 8.65. The van der Waals surface area contributed by atoms with E-state index in [-0.39, 0.29) is 6.04 Å². The summed E-state index contributed by atoms with van der Waals surface area (Å²) < 4.78 is 23.0. The van der Waals surface area contributed by atoms with E-state index in [4.69, 9.17) is 4.55 Å². The van der Waals surface area contributed by atoms with E-state index >= 15 is 0 Å². The Hall–Kier alpha value is -1.75. The summed E-state index contributed by atoms with van der Waals surface area (Å²) >= 11 is -1.98. The van der Waals surface area contributed by atoms with Gasteiger partial charge < -0.3 is 0 Å². The van der Waals surface area contributed by atoms with Crippen LogP contribution in [0.25, 0.3) is 21.5 Å². The number of benzene rings is 3. The molecule has 0 radical (unpaired) electrons. The van der Waals surface area contributed by atoms with Crippen molar-refractivity contribution in [1.82, 2.24) is 4.72 Å². The maximum atomic E-state index is 11.1. The molecule has 3 aromatic carbocycles. The molecule has 0 spiro atoms. The van der Waals surface area contributed by atoms with Gasteiger partial charge in [-0.1, -0.05) is 48.5 Å². The van der Waals surface area contributed by atoms with Gasteiger partial charge in [0.05, 0.1) is 0 Å². The highest BCUT2D eigenvalue weighted by Crippen LogP contribution is 2.37. The largest absolute Gasteiger partial charge is 0.294 e. The monoisotopic (exact) mass is 311 g/mol. The Morgan fingerprint density at radius 3 is 2.68 bits per heavy atom. The maximum absolute atomic E-state index is 11.1.